The summed E-state index contributed by atoms with van der Waals surface area (Å²) < 4.78 is 11.4. The molecule has 1 atom stereocenters. The Morgan fingerprint density at radius 1 is 1.43 bits per heavy atom. The Balaban J connectivity index is 1.66. The van der Waals surface area contributed by atoms with Gasteiger partial charge in [0.15, 0.2) is 5.89 Å². The van der Waals surface area contributed by atoms with Crippen LogP contribution in [-0.2, 0) is 17.6 Å². The number of carboxylic acid groups (broad SMARTS) is 1. The molecule has 1 N–H and O–H groups in total. The highest BCUT2D eigenvalue weighted by atomic mass is 16.5. The number of benzene rings is 1. The second-order valence-electron chi connectivity index (χ2n) is 5.99. The second-order valence-corrected chi connectivity index (χ2v) is 5.99. The van der Waals surface area contributed by atoms with Crippen molar-refractivity contribution in [2.45, 2.75) is 45.4 Å². The number of aliphatic carboxylic acids is 1. The fraction of sp³-hybridized carbons (Fsp3) is 0.444. The molecule has 0 saturated heterocycles. The predicted molar refractivity (Wildman–Crippen MR) is 84.9 cm³/mol. The number of carboxylic acids is 1. The molecular formula is C18H21NO4. The van der Waals surface area contributed by atoms with Gasteiger partial charge in [-0.3, -0.25) is 4.79 Å². The van der Waals surface area contributed by atoms with Crippen molar-refractivity contribution in [1.29, 1.82) is 0 Å². The van der Waals surface area contributed by atoms with Gasteiger partial charge in [0.05, 0.1) is 18.7 Å². The zero-order chi connectivity index (χ0) is 16.4. The van der Waals surface area contributed by atoms with Gasteiger partial charge in [0.2, 0.25) is 0 Å². The van der Waals surface area contributed by atoms with Crippen molar-refractivity contribution in [3.63, 3.8) is 0 Å². The van der Waals surface area contributed by atoms with Gasteiger partial charge in [0.1, 0.15) is 11.5 Å². The largest absolute Gasteiger partial charge is 0.493 e. The molecule has 1 aliphatic rings. The van der Waals surface area contributed by atoms with E-state index in [1.165, 1.54) is 0 Å². The van der Waals surface area contributed by atoms with Crippen LogP contribution in [-0.4, -0.2) is 22.7 Å². The molecule has 0 aliphatic heterocycles. The first-order valence-corrected chi connectivity index (χ1v) is 7.94. The zero-order valence-corrected chi connectivity index (χ0v) is 13.5. The maximum Gasteiger partial charge on any atom is 0.303 e. The number of ether oxygens (including phenoxy) is 1. The summed E-state index contributed by atoms with van der Waals surface area (Å²) in [6.07, 6.45) is 2.65. The number of nitrogens with zero attached hydrogens (tertiary/aromatic N) is 1. The molecule has 1 unspecified atom stereocenters. The summed E-state index contributed by atoms with van der Waals surface area (Å²) in [4.78, 5) is 15.3. The maximum atomic E-state index is 11.0. The third-order valence-corrected chi connectivity index (χ3v) is 4.37. The Bertz CT molecular complexity index is 720. The molecule has 0 spiro atoms. The minimum Gasteiger partial charge on any atom is -0.493 e. The highest BCUT2D eigenvalue weighted by Gasteiger charge is 2.26. The van der Waals surface area contributed by atoms with Crippen LogP contribution in [0.4, 0.5) is 0 Å². The van der Waals surface area contributed by atoms with E-state index in [4.69, 9.17) is 14.3 Å². The number of hydrogen-bond acceptors (Lipinski definition) is 4. The molecule has 3 rings (SSSR count). The fourth-order valence-electron chi connectivity index (χ4n) is 3.33. The summed E-state index contributed by atoms with van der Waals surface area (Å²) in [5.41, 5.74) is 3.21. The smallest absolute Gasteiger partial charge is 0.303 e. The summed E-state index contributed by atoms with van der Waals surface area (Å²) in [5.74, 6) is 1.74. The van der Waals surface area contributed by atoms with Crippen molar-refractivity contribution in [1.82, 2.24) is 4.98 Å². The number of carbonyl (C=O) groups is 1. The molecule has 1 heterocycles. The lowest BCUT2D eigenvalue weighted by molar-refractivity contribution is -0.137. The monoisotopic (exact) mass is 315 g/mol. The van der Waals surface area contributed by atoms with Crippen molar-refractivity contribution in [2.75, 3.05) is 6.61 Å². The molecule has 122 valence electrons. The molecule has 23 heavy (non-hydrogen) atoms. The van der Waals surface area contributed by atoms with Crippen LogP contribution in [0.5, 0.6) is 5.75 Å². The summed E-state index contributed by atoms with van der Waals surface area (Å²) in [6.45, 7) is 4.28. The molecule has 1 aliphatic carbocycles. The van der Waals surface area contributed by atoms with E-state index in [1.54, 1.807) is 0 Å². The Morgan fingerprint density at radius 2 is 2.26 bits per heavy atom. The molecule has 0 radical (unpaired) electrons. The van der Waals surface area contributed by atoms with Gasteiger partial charge in [-0.2, -0.15) is 0 Å². The minimum atomic E-state index is -0.744. The van der Waals surface area contributed by atoms with Gasteiger partial charge in [0.25, 0.3) is 0 Å². The topological polar surface area (TPSA) is 72.6 Å². The summed E-state index contributed by atoms with van der Waals surface area (Å²) in [7, 11) is 0. The Morgan fingerprint density at radius 3 is 2.96 bits per heavy atom. The Labute approximate surface area is 135 Å². The molecule has 1 aromatic heterocycles. The van der Waals surface area contributed by atoms with Crippen LogP contribution in [0.25, 0.3) is 0 Å². The minimum absolute atomic E-state index is 0.103. The summed E-state index contributed by atoms with van der Waals surface area (Å²) >= 11 is 0. The van der Waals surface area contributed by atoms with Crippen molar-refractivity contribution >= 4 is 5.97 Å². The van der Waals surface area contributed by atoms with Gasteiger partial charge in [0, 0.05) is 13.3 Å². The van der Waals surface area contributed by atoms with Gasteiger partial charge in [-0.05, 0) is 42.9 Å². The van der Waals surface area contributed by atoms with Crippen LogP contribution in [0.3, 0.4) is 0 Å². The zero-order valence-electron chi connectivity index (χ0n) is 13.5. The normalized spacial score (nSPS) is 16.3. The lowest BCUT2D eigenvalue weighted by Crippen LogP contribution is -2.05. The van der Waals surface area contributed by atoms with Crippen LogP contribution in [0, 0.1) is 13.8 Å². The number of aryl methyl sites for hydroxylation is 2. The van der Waals surface area contributed by atoms with Gasteiger partial charge in [-0.15, -0.1) is 0 Å². The average molecular weight is 315 g/mol. The summed E-state index contributed by atoms with van der Waals surface area (Å²) in [5, 5.41) is 9.02. The Kier molecular flexibility index (Phi) is 4.37. The van der Waals surface area contributed by atoms with Crippen molar-refractivity contribution < 1.29 is 19.1 Å². The van der Waals surface area contributed by atoms with Gasteiger partial charge in [-0.1, -0.05) is 12.1 Å². The van der Waals surface area contributed by atoms with Crippen molar-refractivity contribution in [3.05, 3.63) is 46.7 Å². The fourth-order valence-corrected chi connectivity index (χ4v) is 3.33. The first kappa shape index (κ1) is 15.6. The average Bonchev–Trinajstić information content (AvgIpc) is 3.03. The Hall–Kier alpha value is -2.30. The molecule has 0 amide bonds. The first-order valence-electron chi connectivity index (χ1n) is 7.94. The van der Waals surface area contributed by atoms with Crippen LogP contribution >= 0.6 is 0 Å². The molecule has 1 aromatic carbocycles. The van der Waals surface area contributed by atoms with E-state index in [0.29, 0.717) is 18.9 Å². The lowest BCUT2D eigenvalue weighted by Gasteiger charge is -2.12. The number of fused-ring (bicyclic) bond motifs is 1. The molecule has 2 aromatic rings. The van der Waals surface area contributed by atoms with Crippen LogP contribution < -0.4 is 4.74 Å². The van der Waals surface area contributed by atoms with E-state index in [0.717, 1.165) is 41.2 Å². The molecular weight excluding hydrogens is 294 g/mol. The number of hydrogen-bond donors (Lipinski definition) is 1. The maximum absolute atomic E-state index is 11.0. The molecule has 5 nitrogen and oxygen atoms in total. The third-order valence-electron chi connectivity index (χ3n) is 4.37. The van der Waals surface area contributed by atoms with Crippen molar-refractivity contribution in [2.24, 2.45) is 0 Å². The van der Waals surface area contributed by atoms with E-state index < -0.39 is 5.97 Å². The number of rotatable bonds is 6. The molecule has 0 saturated carbocycles. The highest BCUT2D eigenvalue weighted by molar-refractivity contribution is 5.68. The third kappa shape index (κ3) is 3.38. The van der Waals surface area contributed by atoms with Crippen LogP contribution in [0.2, 0.25) is 0 Å². The van der Waals surface area contributed by atoms with E-state index in [9.17, 15) is 4.79 Å². The lowest BCUT2D eigenvalue weighted by atomic mass is 9.98. The van der Waals surface area contributed by atoms with Crippen LogP contribution in [0.15, 0.2) is 22.6 Å². The number of aromatic nitrogens is 1. The quantitative estimate of drug-likeness (QED) is 0.884. The number of oxazole rings is 1. The van der Waals surface area contributed by atoms with Crippen LogP contribution in [0.1, 0.15) is 47.2 Å². The van der Waals surface area contributed by atoms with Gasteiger partial charge < -0.3 is 14.3 Å². The first-order chi connectivity index (χ1) is 11.0. The second kappa shape index (κ2) is 6.44. The summed E-state index contributed by atoms with van der Waals surface area (Å²) in [6, 6.07) is 5.93. The van der Waals surface area contributed by atoms with Gasteiger partial charge >= 0.3 is 5.97 Å². The van der Waals surface area contributed by atoms with E-state index in [-0.39, 0.29) is 12.3 Å². The van der Waals surface area contributed by atoms with Gasteiger partial charge in [-0.25, -0.2) is 4.98 Å². The molecule has 0 bridgehead atoms. The van der Waals surface area contributed by atoms with E-state index in [2.05, 4.69) is 4.98 Å². The molecule has 5 heteroatoms. The molecule has 0 fully saturated rings. The highest BCUT2D eigenvalue weighted by Crippen LogP contribution is 2.40. The standard InChI is InChI=1S/C18H21NO4/c1-11-16(19-12(2)23-11)8-9-22-17-5-3-4-14-13(10-18(20)21)6-7-15(14)17/h3-5,13H,6-10H2,1-2H3,(H,20,21). The van der Waals surface area contributed by atoms with E-state index in [1.807, 2.05) is 32.0 Å². The predicted octanol–water partition coefficient (Wildman–Crippen LogP) is 3.42. The van der Waals surface area contributed by atoms with Crippen molar-refractivity contribution in [3.8, 4) is 5.75 Å². The van der Waals surface area contributed by atoms with E-state index >= 15 is 0 Å². The SMILES string of the molecule is Cc1nc(CCOc2cccc3c2CCC3CC(=O)O)c(C)o1.